The molecule has 0 aromatic heterocycles. The molecular weight excluding hydrogens is 214 g/mol. The number of hydrogen-bond acceptors (Lipinski definition) is 2. The first-order valence-corrected chi connectivity index (χ1v) is 5.32. The third-order valence-electron chi connectivity index (χ3n) is 2.02. The molecule has 0 aliphatic heterocycles. The number of halogens is 1. The predicted octanol–water partition coefficient (Wildman–Crippen LogP) is 2.66. The number of benzene rings is 1. The van der Waals surface area contributed by atoms with Crippen molar-refractivity contribution >= 4 is 23.2 Å². The minimum atomic E-state index is -0.0549. The second kappa shape index (κ2) is 5.61. The maximum absolute atomic E-state index is 11.3. The Morgan fingerprint density at radius 1 is 1.53 bits per heavy atom. The zero-order valence-electron chi connectivity index (χ0n) is 8.59. The molecule has 0 saturated heterocycles. The standard InChI is InChI=1S/C11H14ClNO2/c1-8-7-9(4-5-10(8)14)13-11(15)3-2-6-12/h4-5,7,14H,2-3,6H2,1H3,(H,13,15). The molecule has 82 valence electrons. The molecule has 0 radical (unpaired) electrons. The Kier molecular flexibility index (Phi) is 4.43. The first kappa shape index (κ1) is 11.9. The first-order valence-electron chi connectivity index (χ1n) is 4.79. The summed E-state index contributed by atoms with van der Waals surface area (Å²) in [5, 5.41) is 12.0. The molecule has 15 heavy (non-hydrogen) atoms. The highest BCUT2D eigenvalue weighted by Crippen LogP contribution is 2.20. The van der Waals surface area contributed by atoms with Crippen molar-refractivity contribution in [3.05, 3.63) is 23.8 Å². The molecule has 0 aliphatic rings. The van der Waals surface area contributed by atoms with E-state index in [1.807, 2.05) is 0 Å². The van der Waals surface area contributed by atoms with Crippen LogP contribution in [0.25, 0.3) is 0 Å². The van der Waals surface area contributed by atoms with E-state index in [0.29, 0.717) is 24.4 Å². The number of aromatic hydroxyl groups is 1. The van der Waals surface area contributed by atoms with Gasteiger partial charge in [-0.1, -0.05) is 0 Å². The fraction of sp³-hybridized carbons (Fsp3) is 0.364. The van der Waals surface area contributed by atoms with Gasteiger partial charge in [0.15, 0.2) is 0 Å². The van der Waals surface area contributed by atoms with E-state index in [1.165, 1.54) is 0 Å². The van der Waals surface area contributed by atoms with E-state index in [2.05, 4.69) is 5.32 Å². The quantitative estimate of drug-likeness (QED) is 0.614. The van der Waals surface area contributed by atoms with Crippen LogP contribution in [-0.2, 0) is 4.79 Å². The third kappa shape index (κ3) is 3.80. The molecule has 0 saturated carbocycles. The van der Waals surface area contributed by atoms with Crippen LogP contribution in [0.1, 0.15) is 18.4 Å². The average Bonchev–Trinajstić information content (AvgIpc) is 2.20. The Bertz CT molecular complexity index is 352. The van der Waals surface area contributed by atoms with E-state index >= 15 is 0 Å². The summed E-state index contributed by atoms with van der Waals surface area (Å²) in [6.07, 6.45) is 1.09. The van der Waals surface area contributed by atoms with Gasteiger partial charge in [-0.15, -0.1) is 11.6 Å². The van der Waals surface area contributed by atoms with Gasteiger partial charge in [-0.05, 0) is 37.1 Å². The molecule has 4 heteroatoms. The summed E-state index contributed by atoms with van der Waals surface area (Å²) in [7, 11) is 0. The summed E-state index contributed by atoms with van der Waals surface area (Å²) in [5.41, 5.74) is 1.44. The van der Waals surface area contributed by atoms with Gasteiger partial charge in [-0.25, -0.2) is 0 Å². The predicted molar refractivity (Wildman–Crippen MR) is 61.4 cm³/mol. The van der Waals surface area contributed by atoms with E-state index in [9.17, 15) is 9.90 Å². The smallest absolute Gasteiger partial charge is 0.224 e. The fourth-order valence-electron chi connectivity index (χ4n) is 1.18. The van der Waals surface area contributed by atoms with Crippen LogP contribution in [-0.4, -0.2) is 16.9 Å². The van der Waals surface area contributed by atoms with Gasteiger partial charge < -0.3 is 10.4 Å². The van der Waals surface area contributed by atoms with Crippen LogP contribution in [0.5, 0.6) is 5.75 Å². The maximum Gasteiger partial charge on any atom is 0.224 e. The second-order valence-electron chi connectivity index (χ2n) is 3.34. The number of aryl methyl sites for hydroxylation is 1. The summed E-state index contributed by atoms with van der Waals surface area (Å²) in [5.74, 6) is 0.664. The summed E-state index contributed by atoms with van der Waals surface area (Å²) in [6, 6.07) is 4.96. The summed E-state index contributed by atoms with van der Waals surface area (Å²) >= 11 is 5.48. The zero-order chi connectivity index (χ0) is 11.3. The lowest BCUT2D eigenvalue weighted by Gasteiger charge is -2.06. The van der Waals surface area contributed by atoms with E-state index in [1.54, 1.807) is 25.1 Å². The number of nitrogens with one attached hydrogen (secondary N) is 1. The van der Waals surface area contributed by atoms with Crippen LogP contribution < -0.4 is 5.32 Å². The van der Waals surface area contributed by atoms with E-state index in [-0.39, 0.29) is 11.7 Å². The number of hydrogen-bond donors (Lipinski definition) is 2. The molecule has 1 amide bonds. The number of anilines is 1. The van der Waals surface area contributed by atoms with E-state index < -0.39 is 0 Å². The van der Waals surface area contributed by atoms with Gasteiger partial charge >= 0.3 is 0 Å². The van der Waals surface area contributed by atoms with Crippen LogP contribution in [0.2, 0.25) is 0 Å². The molecule has 2 N–H and O–H groups in total. The van der Waals surface area contributed by atoms with Crippen molar-refractivity contribution in [2.75, 3.05) is 11.2 Å². The number of amides is 1. The van der Waals surface area contributed by atoms with Crippen LogP contribution in [0, 0.1) is 6.92 Å². The van der Waals surface area contributed by atoms with E-state index in [4.69, 9.17) is 11.6 Å². The van der Waals surface area contributed by atoms with Gasteiger partial charge in [0.05, 0.1) is 0 Å². The highest BCUT2D eigenvalue weighted by atomic mass is 35.5. The SMILES string of the molecule is Cc1cc(NC(=O)CCCCl)ccc1O. The van der Waals surface area contributed by atoms with Crippen molar-refractivity contribution in [3.63, 3.8) is 0 Å². The van der Waals surface area contributed by atoms with Crippen LogP contribution in [0.15, 0.2) is 18.2 Å². The maximum atomic E-state index is 11.3. The number of alkyl halides is 1. The lowest BCUT2D eigenvalue weighted by Crippen LogP contribution is -2.11. The first-order chi connectivity index (χ1) is 7.13. The normalized spacial score (nSPS) is 10.0. The molecule has 0 spiro atoms. The van der Waals surface area contributed by atoms with E-state index in [0.717, 1.165) is 5.56 Å². The minimum absolute atomic E-state index is 0.0549. The molecular formula is C11H14ClNO2. The molecule has 1 rings (SSSR count). The largest absolute Gasteiger partial charge is 0.508 e. The van der Waals surface area contributed by atoms with Crippen molar-refractivity contribution in [1.82, 2.24) is 0 Å². The lowest BCUT2D eigenvalue weighted by atomic mass is 10.2. The lowest BCUT2D eigenvalue weighted by molar-refractivity contribution is -0.116. The average molecular weight is 228 g/mol. The summed E-state index contributed by atoms with van der Waals surface area (Å²) < 4.78 is 0. The Labute approximate surface area is 94.1 Å². The Hall–Kier alpha value is -1.22. The summed E-state index contributed by atoms with van der Waals surface area (Å²) in [6.45, 7) is 1.78. The van der Waals surface area contributed by atoms with Crippen LogP contribution in [0.3, 0.4) is 0 Å². The van der Waals surface area contributed by atoms with Crippen LogP contribution >= 0.6 is 11.6 Å². The minimum Gasteiger partial charge on any atom is -0.508 e. The van der Waals surface area contributed by atoms with Crippen molar-refractivity contribution in [2.24, 2.45) is 0 Å². The van der Waals surface area contributed by atoms with Gasteiger partial charge in [0, 0.05) is 18.0 Å². The van der Waals surface area contributed by atoms with Crippen molar-refractivity contribution in [2.45, 2.75) is 19.8 Å². The molecule has 0 aliphatic carbocycles. The molecule has 0 unspecified atom stereocenters. The second-order valence-corrected chi connectivity index (χ2v) is 3.72. The highest BCUT2D eigenvalue weighted by molar-refractivity contribution is 6.18. The molecule has 1 aromatic rings. The topological polar surface area (TPSA) is 49.3 Å². The van der Waals surface area contributed by atoms with Crippen LogP contribution in [0.4, 0.5) is 5.69 Å². The molecule has 0 heterocycles. The molecule has 0 bridgehead atoms. The van der Waals surface area contributed by atoms with Crippen molar-refractivity contribution in [3.8, 4) is 5.75 Å². The Morgan fingerprint density at radius 2 is 2.27 bits per heavy atom. The fourth-order valence-corrected chi connectivity index (χ4v) is 1.32. The van der Waals surface area contributed by atoms with Gasteiger partial charge in [0.2, 0.25) is 5.91 Å². The third-order valence-corrected chi connectivity index (χ3v) is 2.29. The Morgan fingerprint density at radius 3 is 2.87 bits per heavy atom. The van der Waals surface area contributed by atoms with Gasteiger partial charge in [0.25, 0.3) is 0 Å². The molecule has 3 nitrogen and oxygen atoms in total. The van der Waals surface area contributed by atoms with Crippen molar-refractivity contribution < 1.29 is 9.90 Å². The monoisotopic (exact) mass is 227 g/mol. The highest BCUT2D eigenvalue weighted by Gasteiger charge is 2.03. The molecule has 0 fully saturated rings. The number of phenolic OH excluding ortho intramolecular Hbond substituents is 1. The van der Waals surface area contributed by atoms with Gasteiger partial charge in [-0.2, -0.15) is 0 Å². The Balaban J connectivity index is 2.57. The number of carbonyl (C=O) groups excluding carboxylic acids is 1. The van der Waals surface area contributed by atoms with Gasteiger partial charge in [-0.3, -0.25) is 4.79 Å². The summed E-state index contributed by atoms with van der Waals surface area (Å²) in [4.78, 5) is 11.3. The molecule has 1 aromatic carbocycles. The zero-order valence-corrected chi connectivity index (χ0v) is 9.34. The number of rotatable bonds is 4. The molecule has 0 atom stereocenters. The van der Waals surface area contributed by atoms with Gasteiger partial charge in [0.1, 0.15) is 5.75 Å². The number of carbonyl (C=O) groups is 1. The number of phenols is 1. The van der Waals surface area contributed by atoms with Crippen molar-refractivity contribution in [1.29, 1.82) is 0 Å².